The van der Waals surface area contributed by atoms with Crippen LogP contribution in [-0.2, 0) is 16.4 Å². The highest BCUT2D eigenvalue weighted by atomic mass is 32.2. The summed E-state index contributed by atoms with van der Waals surface area (Å²) in [5, 5.41) is 3.79. The zero-order chi connectivity index (χ0) is 23.2. The van der Waals surface area contributed by atoms with Gasteiger partial charge < -0.3 is 10.1 Å². The first-order valence-corrected chi connectivity index (χ1v) is 12.6. The molecule has 1 aliphatic rings. The molecule has 0 unspecified atom stereocenters. The minimum Gasteiger partial charge on any atom is -0.496 e. The molecule has 1 aliphatic heterocycles. The number of carbonyl (C=O) groups excluding carboxylic acids is 1. The Bertz CT molecular complexity index is 1490. The third-order valence-electron chi connectivity index (χ3n) is 5.60. The third kappa shape index (κ3) is 3.83. The quantitative estimate of drug-likeness (QED) is 0.451. The minimum absolute atomic E-state index is 0.0405. The number of methoxy groups -OCH3 is 1. The number of carbonyl (C=O) groups is 1. The lowest BCUT2D eigenvalue weighted by atomic mass is 10.2. The number of aromatic nitrogens is 1. The molecule has 0 atom stereocenters. The molecular formula is C24H21N3O4S2. The molecule has 1 aromatic heterocycles. The Labute approximate surface area is 195 Å². The van der Waals surface area contributed by atoms with Gasteiger partial charge >= 0.3 is 0 Å². The molecule has 1 N–H and O–H groups in total. The van der Waals surface area contributed by atoms with Gasteiger partial charge in [0.05, 0.1) is 38.5 Å². The number of aryl methyl sites for hydroxylation is 1. The molecule has 7 nitrogen and oxygen atoms in total. The van der Waals surface area contributed by atoms with E-state index in [1.54, 1.807) is 12.1 Å². The summed E-state index contributed by atoms with van der Waals surface area (Å²) in [6.45, 7) is 2.29. The van der Waals surface area contributed by atoms with Crippen LogP contribution in [0.4, 0.5) is 11.4 Å². The van der Waals surface area contributed by atoms with Crippen LogP contribution >= 0.6 is 11.3 Å². The number of fused-ring (bicyclic) bond motifs is 2. The summed E-state index contributed by atoms with van der Waals surface area (Å²) in [6.07, 6.45) is 0.651. The molecule has 0 fully saturated rings. The lowest BCUT2D eigenvalue weighted by Gasteiger charge is -2.20. The first kappa shape index (κ1) is 21.4. The topological polar surface area (TPSA) is 88.6 Å². The predicted octanol–water partition coefficient (Wildman–Crippen LogP) is 4.62. The maximum Gasteiger partial charge on any atom is 0.264 e. The number of rotatable bonds is 5. The summed E-state index contributed by atoms with van der Waals surface area (Å²) in [7, 11) is -2.39. The zero-order valence-electron chi connectivity index (χ0n) is 18.0. The van der Waals surface area contributed by atoms with E-state index in [0.717, 1.165) is 20.8 Å². The van der Waals surface area contributed by atoms with E-state index < -0.39 is 15.9 Å². The van der Waals surface area contributed by atoms with Gasteiger partial charge in [0.1, 0.15) is 5.75 Å². The predicted molar refractivity (Wildman–Crippen MR) is 130 cm³/mol. The Morgan fingerprint density at radius 3 is 2.76 bits per heavy atom. The molecule has 0 spiro atoms. The van der Waals surface area contributed by atoms with Gasteiger partial charge in [-0.05, 0) is 61.4 Å². The Balaban J connectivity index is 1.48. The fraction of sp³-hybridized carbons (Fsp3) is 0.167. The van der Waals surface area contributed by atoms with E-state index in [1.165, 1.54) is 41.0 Å². The van der Waals surface area contributed by atoms with E-state index in [0.29, 0.717) is 30.1 Å². The zero-order valence-corrected chi connectivity index (χ0v) is 19.7. The molecule has 4 aromatic rings. The molecule has 2 heterocycles. The fourth-order valence-electron chi connectivity index (χ4n) is 4.03. The highest BCUT2D eigenvalue weighted by Crippen LogP contribution is 2.34. The van der Waals surface area contributed by atoms with Crippen molar-refractivity contribution in [3.8, 4) is 5.75 Å². The van der Waals surface area contributed by atoms with E-state index >= 15 is 0 Å². The second-order valence-corrected chi connectivity index (χ2v) is 10.8. The molecule has 3 aromatic carbocycles. The number of sulfonamides is 1. The normalized spacial score (nSPS) is 13.2. The second-order valence-electron chi connectivity index (χ2n) is 7.69. The van der Waals surface area contributed by atoms with Gasteiger partial charge in [-0.15, -0.1) is 11.3 Å². The second kappa shape index (κ2) is 8.17. The summed E-state index contributed by atoms with van der Waals surface area (Å²) < 4.78 is 34.6. The number of nitrogens with zero attached hydrogens (tertiary/aromatic N) is 2. The maximum atomic E-state index is 13.4. The number of hydrogen-bond donors (Lipinski definition) is 1. The third-order valence-corrected chi connectivity index (χ3v) is 8.34. The molecule has 1 amide bonds. The molecular weight excluding hydrogens is 458 g/mol. The number of hydrogen-bond acceptors (Lipinski definition) is 6. The van der Waals surface area contributed by atoms with Gasteiger partial charge in [-0.3, -0.25) is 9.10 Å². The van der Waals surface area contributed by atoms with Crippen molar-refractivity contribution in [1.29, 1.82) is 0 Å². The molecule has 9 heteroatoms. The Morgan fingerprint density at radius 1 is 1.12 bits per heavy atom. The van der Waals surface area contributed by atoms with Gasteiger partial charge in [-0.25, -0.2) is 13.4 Å². The number of thiazole rings is 1. The van der Waals surface area contributed by atoms with Crippen molar-refractivity contribution in [3.05, 3.63) is 76.8 Å². The maximum absolute atomic E-state index is 13.4. The van der Waals surface area contributed by atoms with Crippen LogP contribution in [0.2, 0.25) is 0 Å². The van der Waals surface area contributed by atoms with Crippen LogP contribution in [0.1, 0.15) is 20.9 Å². The highest BCUT2D eigenvalue weighted by molar-refractivity contribution is 7.92. The van der Waals surface area contributed by atoms with Gasteiger partial charge in [0.25, 0.3) is 15.9 Å². The van der Waals surface area contributed by atoms with Crippen LogP contribution in [0.25, 0.3) is 10.2 Å². The van der Waals surface area contributed by atoms with Crippen molar-refractivity contribution in [3.63, 3.8) is 0 Å². The van der Waals surface area contributed by atoms with Gasteiger partial charge in [0.15, 0.2) is 0 Å². The van der Waals surface area contributed by atoms with E-state index in [9.17, 15) is 13.2 Å². The van der Waals surface area contributed by atoms with Crippen molar-refractivity contribution < 1.29 is 17.9 Å². The van der Waals surface area contributed by atoms with Gasteiger partial charge in [-0.1, -0.05) is 18.2 Å². The van der Waals surface area contributed by atoms with Gasteiger partial charge in [0, 0.05) is 12.2 Å². The van der Waals surface area contributed by atoms with Crippen LogP contribution in [-0.4, -0.2) is 33.0 Å². The Kier molecular flexibility index (Phi) is 5.30. The molecule has 0 radical (unpaired) electrons. The van der Waals surface area contributed by atoms with E-state index in [-0.39, 0.29) is 10.5 Å². The SMILES string of the molecule is COc1ccc(S(=O)(=O)N2CCc3ccccc32)cc1C(=O)Nc1ccc2nc(C)sc2c1. The first-order valence-electron chi connectivity index (χ1n) is 10.3. The lowest BCUT2D eigenvalue weighted by Crippen LogP contribution is -2.29. The standard InChI is InChI=1S/C24H21N3O4S2/c1-15-25-20-9-7-17(13-23(20)32-15)26-24(28)19-14-18(8-10-22(19)31-2)33(29,30)27-12-11-16-5-3-4-6-21(16)27/h3-10,13-14H,11-12H2,1-2H3,(H,26,28). The van der Waals surface area contributed by atoms with Crippen molar-refractivity contribution in [2.75, 3.05) is 23.3 Å². The molecule has 33 heavy (non-hydrogen) atoms. The fourth-order valence-corrected chi connectivity index (χ4v) is 6.42. The number of nitrogens with one attached hydrogen (secondary N) is 1. The summed E-state index contributed by atoms with van der Waals surface area (Å²) in [6, 6.07) is 17.3. The monoisotopic (exact) mass is 479 g/mol. The average molecular weight is 480 g/mol. The van der Waals surface area contributed by atoms with E-state index in [4.69, 9.17) is 4.74 Å². The van der Waals surface area contributed by atoms with Crippen molar-refractivity contribution in [2.45, 2.75) is 18.2 Å². The van der Waals surface area contributed by atoms with Gasteiger partial charge in [0.2, 0.25) is 0 Å². The largest absolute Gasteiger partial charge is 0.496 e. The highest BCUT2D eigenvalue weighted by Gasteiger charge is 2.31. The Morgan fingerprint density at radius 2 is 1.94 bits per heavy atom. The van der Waals surface area contributed by atoms with Crippen LogP contribution < -0.4 is 14.4 Å². The minimum atomic E-state index is -3.84. The van der Waals surface area contributed by atoms with E-state index in [2.05, 4.69) is 10.3 Å². The number of para-hydroxylation sites is 1. The van der Waals surface area contributed by atoms with Gasteiger partial charge in [-0.2, -0.15) is 0 Å². The molecule has 0 bridgehead atoms. The van der Waals surface area contributed by atoms with E-state index in [1.807, 2.05) is 37.3 Å². The van der Waals surface area contributed by atoms with Crippen molar-refractivity contribution in [1.82, 2.24) is 4.98 Å². The van der Waals surface area contributed by atoms with Crippen LogP contribution in [0, 0.1) is 6.92 Å². The molecule has 0 saturated carbocycles. The smallest absolute Gasteiger partial charge is 0.264 e. The van der Waals surface area contributed by atoms with Crippen LogP contribution in [0.3, 0.4) is 0 Å². The lowest BCUT2D eigenvalue weighted by molar-refractivity contribution is 0.102. The summed E-state index contributed by atoms with van der Waals surface area (Å²) in [5.74, 6) is -0.158. The Hall–Kier alpha value is -3.43. The number of benzene rings is 3. The average Bonchev–Trinajstić information content (AvgIpc) is 3.41. The summed E-state index contributed by atoms with van der Waals surface area (Å²) in [4.78, 5) is 17.6. The molecule has 0 saturated heterocycles. The first-order chi connectivity index (χ1) is 15.9. The van der Waals surface area contributed by atoms with Crippen molar-refractivity contribution in [2.24, 2.45) is 0 Å². The number of ether oxygens (including phenoxy) is 1. The summed E-state index contributed by atoms with van der Waals surface area (Å²) in [5.41, 5.74) is 3.27. The molecule has 0 aliphatic carbocycles. The molecule has 5 rings (SSSR count). The number of amides is 1. The van der Waals surface area contributed by atoms with Crippen molar-refractivity contribution >= 4 is 48.9 Å². The molecule has 168 valence electrons. The number of anilines is 2. The van der Waals surface area contributed by atoms with Crippen LogP contribution in [0.15, 0.2) is 65.6 Å². The summed E-state index contributed by atoms with van der Waals surface area (Å²) >= 11 is 1.54. The van der Waals surface area contributed by atoms with Crippen LogP contribution in [0.5, 0.6) is 5.75 Å².